The highest BCUT2D eigenvalue weighted by Crippen LogP contribution is 2.17. The summed E-state index contributed by atoms with van der Waals surface area (Å²) in [6.07, 6.45) is 0. The molecule has 0 aliphatic carbocycles. The highest BCUT2D eigenvalue weighted by atomic mass is 19.1. The molecule has 0 radical (unpaired) electrons. The summed E-state index contributed by atoms with van der Waals surface area (Å²) in [5.41, 5.74) is 3.06. The van der Waals surface area contributed by atoms with Gasteiger partial charge in [0.05, 0.1) is 5.69 Å². The number of aromatic nitrogens is 2. The summed E-state index contributed by atoms with van der Waals surface area (Å²) in [7, 11) is 0. The maximum Gasteiger partial charge on any atom is 0.276 e. The van der Waals surface area contributed by atoms with Gasteiger partial charge >= 0.3 is 0 Å². The van der Waals surface area contributed by atoms with E-state index in [0.29, 0.717) is 16.9 Å². The predicted octanol–water partition coefficient (Wildman–Crippen LogP) is 4.82. The molecule has 0 saturated heterocycles. The zero-order chi connectivity index (χ0) is 21.8. The Bertz CT molecular complexity index is 1250. The molecule has 4 rings (SSSR count). The molecule has 31 heavy (non-hydrogen) atoms. The zero-order valence-electron chi connectivity index (χ0n) is 16.7. The molecule has 6 nitrogen and oxygen atoms in total. The van der Waals surface area contributed by atoms with Gasteiger partial charge in [0, 0.05) is 22.6 Å². The summed E-state index contributed by atoms with van der Waals surface area (Å²) in [4.78, 5) is 25.2. The van der Waals surface area contributed by atoms with Crippen LogP contribution in [0.25, 0.3) is 5.69 Å². The molecule has 7 heteroatoms. The Morgan fingerprint density at radius 2 is 1.48 bits per heavy atom. The van der Waals surface area contributed by atoms with Gasteiger partial charge in [-0.25, -0.2) is 9.07 Å². The van der Waals surface area contributed by atoms with Gasteiger partial charge in [-0.3, -0.25) is 9.59 Å². The van der Waals surface area contributed by atoms with Crippen molar-refractivity contribution in [1.82, 2.24) is 9.78 Å². The first-order valence-corrected chi connectivity index (χ1v) is 9.60. The Balaban J connectivity index is 1.49. The molecule has 1 aromatic heterocycles. The number of nitrogens with one attached hydrogen (secondary N) is 2. The molecule has 0 bridgehead atoms. The average Bonchev–Trinajstić information content (AvgIpc) is 3.16. The Morgan fingerprint density at radius 1 is 0.806 bits per heavy atom. The lowest BCUT2D eigenvalue weighted by Crippen LogP contribution is -2.15. The topological polar surface area (TPSA) is 76.0 Å². The van der Waals surface area contributed by atoms with E-state index < -0.39 is 11.7 Å². The highest BCUT2D eigenvalue weighted by Gasteiger charge is 2.14. The van der Waals surface area contributed by atoms with E-state index in [1.54, 1.807) is 41.1 Å². The first-order chi connectivity index (χ1) is 15.0. The number of para-hydroxylation sites is 1. The second-order valence-corrected chi connectivity index (χ2v) is 6.92. The largest absolute Gasteiger partial charge is 0.322 e. The first kappa shape index (κ1) is 20.0. The minimum Gasteiger partial charge on any atom is -0.322 e. The van der Waals surface area contributed by atoms with E-state index in [0.717, 1.165) is 11.4 Å². The van der Waals surface area contributed by atoms with Crippen LogP contribution in [0, 0.1) is 12.7 Å². The second kappa shape index (κ2) is 8.62. The number of amides is 2. The molecule has 0 saturated carbocycles. The third-order valence-corrected chi connectivity index (χ3v) is 4.59. The molecular weight excluding hydrogens is 395 g/mol. The van der Waals surface area contributed by atoms with E-state index in [9.17, 15) is 14.0 Å². The lowest BCUT2D eigenvalue weighted by molar-refractivity contribution is 0.101. The molecule has 2 amide bonds. The molecule has 0 unspecified atom stereocenters. The normalized spacial score (nSPS) is 10.5. The third-order valence-electron chi connectivity index (χ3n) is 4.59. The van der Waals surface area contributed by atoms with Crippen LogP contribution in [0.1, 0.15) is 26.5 Å². The highest BCUT2D eigenvalue weighted by molar-refractivity contribution is 6.06. The van der Waals surface area contributed by atoms with E-state index in [2.05, 4.69) is 15.7 Å². The quantitative estimate of drug-likeness (QED) is 0.491. The first-order valence-electron chi connectivity index (χ1n) is 9.60. The maximum atomic E-state index is 13.3. The van der Waals surface area contributed by atoms with Crippen molar-refractivity contribution in [3.63, 3.8) is 0 Å². The summed E-state index contributed by atoms with van der Waals surface area (Å²) in [5.74, 6) is -1.24. The zero-order valence-corrected chi connectivity index (χ0v) is 16.7. The number of nitrogens with zero attached hydrogens (tertiary/aromatic N) is 2. The molecule has 154 valence electrons. The molecule has 2 N–H and O–H groups in total. The van der Waals surface area contributed by atoms with Crippen molar-refractivity contribution >= 4 is 23.2 Å². The van der Waals surface area contributed by atoms with Gasteiger partial charge in [0.2, 0.25) is 0 Å². The number of carbonyl (C=O) groups excluding carboxylic acids is 2. The molecule has 0 spiro atoms. The molecule has 0 aliphatic heterocycles. The van der Waals surface area contributed by atoms with E-state index in [1.807, 2.05) is 37.3 Å². The van der Waals surface area contributed by atoms with Crippen molar-refractivity contribution in [2.75, 3.05) is 10.6 Å². The van der Waals surface area contributed by atoms with Crippen LogP contribution in [-0.4, -0.2) is 21.6 Å². The van der Waals surface area contributed by atoms with Gasteiger partial charge in [-0.05, 0) is 61.5 Å². The minimum absolute atomic E-state index is 0.260. The molecule has 4 aromatic rings. The lowest BCUT2D eigenvalue weighted by atomic mass is 10.1. The number of rotatable bonds is 5. The molecule has 0 fully saturated rings. The lowest BCUT2D eigenvalue weighted by Gasteiger charge is -2.08. The Morgan fingerprint density at radius 3 is 2.23 bits per heavy atom. The van der Waals surface area contributed by atoms with Gasteiger partial charge in [0.1, 0.15) is 5.82 Å². The number of hydrogen-bond acceptors (Lipinski definition) is 3. The molecule has 3 aromatic carbocycles. The number of hydrogen-bond donors (Lipinski definition) is 2. The van der Waals surface area contributed by atoms with Gasteiger partial charge in [-0.2, -0.15) is 5.10 Å². The van der Waals surface area contributed by atoms with Crippen molar-refractivity contribution < 1.29 is 14.0 Å². The number of halogens is 1. The number of carbonyl (C=O) groups is 2. The molecule has 0 atom stereocenters. The molecular formula is C24H19FN4O2. The van der Waals surface area contributed by atoms with Crippen molar-refractivity contribution in [3.8, 4) is 5.69 Å². The smallest absolute Gasteiger partial charge is 0.276 e. The van der Waals surface area contributed by atoms with Crippen molar-refractivity contribution in [2.24, 2.45) is 0 Å². The second-order valence-electron chi connectivity index (χ2n) is 6.92. The summed E-state index contributed by atoms with van der Waals surface area (Å²) in [6.45, 7) is 1.87. The Hall–Kier alpha value is -4.26. The Kier molecular flexibility index (Phi) is 5.57. The fraction of sp³-hybridized carbons (Fsp3) is 0.0417. The SMILES string of the molecule is Cc1cc(C(=O)Nc2cccc(C(=O)Nc3cccc(F)c3)c2)nn1-c1ccccc1. The van der Waals surface area contributed by atoms with E-state index in [1.165, 1.54) is 18.2 Å². The minimum atomic E-state index is -0.441. The van der Waals surface area contributed by atoms with Crippen LogP contribution in [0.3, 0.4) is 0 Å². The van der Waals surface area contributed by atoms with Gasteiger partial charge in [0.15, 0.2) is 5.69 Å². The van der Waals surface area contributed by atoms with Gasteiger partial charge in [0.25, 0.3) is 11.8 Å². The average molecular weight is 414 g/mol. The Labute approximate surface area is 178 Å². The van der Waals surface area contributed by atoms with Crippen LogP contribution < -0.4 is 10.6 Å². The maximum absolute atomic E-state index is 13.3. The third kappa shape index (κ3) is 4.67. The van der Waals surface area contributed by atoms with Crippen LogP contribution in [-0.2, 0) is 0 Å². The van der Waals surface area contributed by atoms with Crippen molar-refractivity contribution in [2.45, 2.75) is 6.92 Å². The van der Waals surface area contributed by atoms with E-state index in [4.69, 9.17) is 0 Å². The fourth-order valence-electron chi connectivity index (χ4n) is 3.12. The van der Waals surface area contributed by atoms with Crippen LogP contribution in [0.4, 0.5) is 15.8 Å². The van der Waals surface area contributed by atoms with Gasteiger partial charge in [-0.15, -0.1) is 0 Å². The number of aryl methyl sites for hydroxylation is 1. The predicted molar refractivity (Wildman–Crippen MR) is 117 cm³/mol. The van der Waals surface area contributed by atoms with Gasteiger partial charge < -0.3 is 10.6 Å². The van der Waals surface area contributed by atoms with Crippen LogP contribution >= 0.6 is 0 Å². The number of anilines is 2. The summed E-state index contributed by atoms with van der Waals surface area (Å²) in [6, 6.07) is 23.3. The fourth-order valence-corrected chi connectivity index (χ4v) is 3.12. The monoisotopic (exact) mass is 414 g/mol. The molecule has 0 aliphatic rings. The molecule has 1 heterocycles. The number of benzene rings is 3. The van der Waals surface area contributed by atoms with Crippen molar-refractivity contribution in [3.05, 3.63) is 108 Å². The van der Waals surface area contributed by atoms with Crippen LogP contribution in [0.15, 0.2) is 84.9 Å². The summed E-state index contributed by atoms with van der Waals surface area (Å²) < 4.78 is 15.0. The van der Waals surface area contributed by atoms with Crippen LogP contribution in [0.2, 0.25) is 0 Å². The summed E-state index contributed by atoms with van der Waals surface area (Å²) in [5, 5.41) is 9.78. The van der Waals surface area contributed by atoms with E-state index in [-0.39, 0.29) is 11.6 Å². The van der Waals surface area contributed by atoms with Gasteiger partial charge in [-0.1, -0.05) is 30.3 Å². The summed E-state index contributed by atoms with van der Waals surface area (Å²) >= 11 is 0. The van der Waals surface area contributed by atoms with Crippen LogP contribution in [0.5, 0.6) is 0 Å². The van der Waals surface area contributed by atoms with E-state index >= 15 is 0 Å². The van der Waals surface area contributed by atoms with Crippen molar-refractivity contribution in [1.29, 1.82) is 0 Å². The standard InChI is InChI=1S/C24H19FN4O2/c1-16-13-22(28-29(16)21-11-3-2-4-12-21)24(31)27-19-9-5-7-17(14-19)23(30)26-20-10-6-8-18(25)15-20/h2-15H,1H3,(H,26,30)(H,27,31).